The van der Waals surface area contributed by atoms with E-state index in [1.165, 1.54) is 12.8 Å². The smallest absolute Gasteiger partial charge is 0.267 e. The highest BCUT2D eigenvalue weighted by Gasteiger charge is 2.25. The van der Waals surface area contributed by atoms with Crippen LogP contribution in [-0.2, 0) is 6.54 Å². The van der Waals surface area contributed by atoms with Gasteiger partial charge in [-0.1, -0.05) is 0 Å². The second-order valence-electron chi connectivity index (χ2n) is 5.37. The SMILES string of the molecule is O=c1c(Br)c(C2CCNCC2)ncn1CC1CC1. The lowest BCUT2D eigenvalue weighted by Crippen LogP contribution is -2.30. The Bertz CT molecular complexity index is 489. The molecule has 1 aromatic rings. The highest BCUT2D eigenvalue weighted by atomic mass is 79.9. The van der Waals surface area contributed by atoms with Crippen molar-refractivity contribution in [3.63, 3.8) is 0 Å². The van der Waals surface area contributed by atoms with Gasteiger partial charge < -0.3 is 5.32 Å². The number of piperidine rings is 1. The number of nitrogens with zero attached hydrogens (tertiary/aromatic N) is 2. The molecule has 0 bridgehead atoms. The molecule has 2 heterocycles. The van der Waals surface area contributed by atoms with Gasteiger partial charge in [-0.25, -0.2) is 4.98 Å². The summed E-state index contributed by atoms with van der Waals surface area (Å²) < 4.78 is 2.43. The van der Waals surface area contributed by atoms with Gasteiger partial charge in [0.2, 0.25) is 0 Å². The zero-order valence-corrected chi connectivity index (χ0v) is 11.9. The fourth-order valence-electron chi connectivity index (χ4n) is 2.57. The van der Waals surface area contributed by atoms with Crippen molar-refractivity contribution in [1.29, 1.82) is 0 Å². The third kappa shape index (κ3) is 2.52. The van der Waals surface area contributed by atoms with Gasteiger partial charge in [-0.15, -0.1) is 0 Å². The third-order valence-corrected chi connectivity index (χ3v) is 4.63. The molecule has 1 aliphatic heterocycles. The minimum Gasteiger partial charge on any atom is -0.317 e. The Morgan fingerprint density at radius 1 is 1.33 bits per heavy atom. The normalized spacial score (nSPS) is 21.2. The molecule has 0 atom stereocenters. The number of nitrogens with one attached hydrogen (secondary N) is 1. The Morgan fingerprint density at radius 2 is 2.06 bits per heavy atom. The van der Waals surface area contributed by atoms with Gasteiger partial charge in [-0.2, -0.15) is 0 Å². The number of halogens is 1. The Kier molecular flexibility index (Phi) is 3.52. The molecule has 1 aromatic heterocycles. The molecular formula is C13H18BrN3O. The molecule has 2 fully saturated rings. The van der Waals surface area contributed by atoms with Crippen LogP contribution in [0.2, 0.25) is 0 Å². The Morgan fingerprint density at radius 3 is 2.72 bits per heavy atom. The van der Waals surface area contributed by atoms with E-state index in [0.29, 0.717) is 16.3 Å². The van der Waals surface area contributed by atoms with Gasteiger partial charge in [0.15, 0.2) is 0 Å². The Balaban J connectivity index is 1.86. The molecule has 0 radical (unpaired) electrons. The van der Waals surface area contributed by atoms with Crippen molar-refractivity contribution in [2.45, 2.75) is 38.1 Å². The molecule has 3 rings (SSSR count). The summed E-state index contributed by atoms with van der Waals surface area (Å²) in [6, 6.07) is 0. The van der Waals surface area contributed by atoms with Crippen LogP contribution in [0.5, 0.6) is 0 Å². The van der Waals surface area contributed by atoms with E-state index in [1.54, 1.807) is 10.9 Å². The van der Waals surface area contributed by atoms with Crippen molar-refractivity contribution in [3.05, 3.63) is 26.8 Å². The van der Waals surface area contributed by atoms with E-state index < -0.39 is 0 Å². The van der Waals surface area contributed by atoms with Gasteiger partial charge in [0.05, 0.1) is 12.0 Å². The van der Waals surface area contributed by atoms with Gasteiger partial charge in [0.1, 0.15) is 4.47 Å². The van der Waals surface area contributed by atoms with Gasteiger partial charge in [-0.3, -0.25) is 9.36 Å². The molecule has 0 aromatic carbocycles. The van der Waals surface area contributed by atoms with E-state index in [1.807, 2.05) is 0 Å². The summed E-state index contributed by atoms with van der Waals surface area (Å²) in [5.41, 5.74) is 1.04. The highest BCUT2D eigenvalue weighted by molar-refractivity contribution is 9.10. The average Bonchev–Trinajstić information content (AvgIpc) is 3.20. The maximum Gasteiger partial charge on any atom is 0.267 e. The maximum atomic E-state index is 12.3. The van der Waals surface area contributed by atoms with Crippen LogP contribution < -0.4 is 10.9 Å². The summed E-state index contributed by atoms with van der Waals surface area (Å²) in [6.45, 7) is 2.87. The highest BCUT2D eigenvalue weighted by Crippen LogP contribution is 2.31. The molecule has 1 saturated carbocycles. The zero-order valence-electron chi connectivity index (χ0n) is 10.4. The summed E-state index contributed by atoms with van der Waals surface area (Å²) in [5.74, 6) is 1.12. The van der Waals surface area contributed by atoms with Crippen LogP contribution in [-0.4, -0.2) is 22.6 Å². The third-order valence-electron chi connectivity index (χ3n) is 3.89. The summed E-state index contributed by atoms with van der Waals surface area (Å²) in [6.07, 6.45) is 6.37. The Labute approximate surface area is 115 Å². The van der Waals surface area contributed by atoms with Crippen LogP contribution in [0.15, 0.2) is 15.6 Å². The van der Waals surface area contributed by atoms with E-state index in [4.69, 9.17) is 0 Å². The lowest BCUT2D eigenvalue weighted by atomic mass is 9.94. The molecule has 1 N–H and O–H groups in total. The fourth-order valence-corrected chi connectivity index (χ4v) is 3.22. The minimum atomic E-state index is 0.0884. The zero-order chi connectivity index (χ0) is 12.5. The van der Waals surface area contributed by atoms with Crippen LogP contribution in [0.25, 0.3) is 0 Å². The summed E-state index contributed by atoms with van der Waals surface area (Å²) >= 11 is 3.46. The van der Waals surface area contributed by atoms with Crippen molar-refractivity contribution in [2.75, 3.05) is 13.1 Å². The van der Waals surface area contributed by atoms with Gasteiger partial charge in [-0.05, 0) is 60.6 Å². The second kappa shape index (κ2) is 5.13. The Hall–Kier alpha value is -0.680. The first-order valence-corrected chi connectivity index (χ1v) is 7.50. The first kappa shape index (κ1) is 12.4. The fraction of sp³-hybridized carbons (Fsp3) is 0.692. The van der Waals surface area contributed by atoms with Crippen LogP contribution in [0.3, 0.4) is 0 Å². The van der Waals surface area contributed by atoms with Crippen molar-refractivity contribution >= 4 is 15.9 Å². The van der Waals surface area contributed by atoms with E-state index in [2.05, 4.69) is 26.2 Å². The lowest BCUT2D eigenvalue weighted by Gasteiger charge is -2.23. The molecule has 1 aliphatic carbocycles. The molecule has 0 spiro atoms. The van der Waals surface area contributed by atoms with Gasteiger partial charge >= 0.3 is 0 Å². The largest absolute Gasteiger partial charge is 0.317 e. The van der Waals surface area contributed by atoms with Crippen LogP contribution in [0.1, 0.15) is 37.3 Å². The number of aromatic nitrogens is 2. The monoisotopic (exact) mass is 311 g/mol. The summed E-state index contributed by atoms with van der Waals surface area (Å²) in [4.78, 5) is 16.8. The molecule has 98 valence electrons. The van der Waals surface area contributed by atoms with Crippen molar-refractivity contribution < 1.29 is 0 Å². The maximum absolute atomic E-state index is 12.3. The number of hydrogen-bond acceptors (Lipinski definition) is 3. The summed E-state index contributed by atoms with van der Waals surface area (Å²) in [5, 5.41) is 3.34. The molecule has 2 aliphatic rings. The van der Waals surface area contributed by atoms with E-state index in [9.17, 15) is 4.79 Å². The second-order valence-corrected chi connectivity index (χ2v) is 6.16. The number of rotatable bonds is 3. The minimum absolute atomic E-state index is 0.0884. The molecule has 0 unspecified atom stereocenters. The van der Waals surface area contributed by atoms with Crippen molar-refractivity contribution in [3.8, 4) is 0 Å². The lowest BCUT2D eigenvalue weighted by molar-refractivity contribution is 0.448. The van der Waals surface area contributed by atoms with Crippen molar-refractivity contribution in [1.82, 2.24) is 14.9 Å². The molecule has 5 heteroatoms. The quantitative estimate of drug-likeness (QED) is 0.927. The van der Waals surface area contributed by atoms with Gasteiger partial charge in [0, 0.05) is 12.5 Å². The molecular weight excluding hydrogens is 294 g/mol. The van der Waals surface area contributed by atoms with Crippen LogP contribution in [0.4, 0.5) is 0 Å². The molecule has 0 amide bonds. The van der Waals surface area contributed by atoms with Crippen LogP contribution >= 0.6 is 15.9 Å². The van der Waals surface area contributed by atoms with E-state index in [0.717, 1.165) is 38.2 Å². The van der Waals surface area contributed by atoms with Gasteiger partial charge in [0.25, 0.3) is 5.56 Å². The van der Waals surface area contributed by atoms with Crippen LogP contribution in [0, 0.1) is 5.92 Å². The standard InChI is InChI=1S/C13H18BrN3O/c14-11-12(10-3-5-15-6-4-10)16-8-17(13(11)18)7-9-1-2-9/h8-10,15H,1-7H2. The molecule has 18 heavy (non-hydrogen) atoms. The number of hydrogen-bond donors (Lipinski definition) is 1. The average molecular weight is 312 g/mol. The topological polar surface area (TPSA) is 46.9 Å². The molecule has 4 nitrogen and oxygen atoms in total. The van der Waals surface area contributed by atoms with Crippen molar-refractivity contribution in [2.24, 2.45) is 5.92 Å². The van der Waals surface area contributed by atoms with E-state index in [-0.39, 0.29) is 5.56 Å². The predicted octanol–water partition coefficient (Wildman–Crippen LogP) is 1.88. The first-order valence-electron chi connectivity index (χ1n) is 6.71. The predicted molar refractivity (Wildman–Crippen MR) is 73.8 cm³/mol. The first-order chi connectivity index (χ1) is 8.75. The van der Waals surface area contributed by atoms with E-state index >= 15 is 0 Å². The molecule has 1 saturated heterocycles. The summed E-state index contributed by atoms with van der Waals surface area (Å²) in [7, 11) is 0.